The summed E-state index contributed by atoms with van der Waals surface area (Å²) in [6.45, 7) is 7.53. The first-order chi connectivity index (χ1) is 7.04. The Bertz CT molecular complexity index is 309. The van der Waals surface area contributed by atoms with Gasteiger partial charge in [0.2, 0.25) is 0 Å². The second kappa shape index (κ2) is 5.56. The van der Waals surface area contributed by atoms with Crippen molar-refractivity contribution in [1.29, 1.82) is 0 Å². The topological polar surface area (TPSA) is 29.9 Å². The summed E-state index contributed by atoms with van der Waals surface area (Å²) in [5.41, 5.74) is 2.42. The second-order valence-electron chi connectivity index (χ2n) is 4.02. The lowest BCUT2D eigenvalue weighted by atomic mass is 10.1. The van der Waals surface area contributed by atoms with Crippen LogP contribution in [0.15, 0.2) is 6.20 Å². The minimum atomic E-state index is 0.383. The van der Waals surface area contributed by atoms with Gasteiger partial charge in [-0.1, -0.05) is 6.92 Å². The number of thioether (sulfide) groups is 1. The van der Waals surface area contributed by atoms with Gasteiger partial charge in [0.05, 0.1) is 5.69 Å². The molecule has 0 saturated carbocycles. The molecule has 0 aliphatic rings. The Morgan fingerprint density at radius 2 is 2.20 bits per heavy atom. The van der Waals surface area contributed by atoms with Gasteiger partial charge >= 0.3 is 0 Å². The lowest BCUT2D eigenvalue weighted by Crippen LogP contribution is -2.25. The van der Waals surface area contributed by atoms with Crippen LogP contribution >= 0.6 is 11.8 Å². The Kier molecular flexibility index (Phi) is 4.67. The number of nitrogens with one attached hydrogen (secondary N) is 1. The van der Waals surface area contributed by atoms with Gasteiger partial charge in [0, 0.05) is 36.6 Å². The van der Waals surface area contributed by atoms with Crippen LogP contribution in [-0.4, -0.2) is 27.8 Å². The summed E-state index contributed by atoms with van der Waals surface area (Å²) >= 11 is 1.89. The van der Waals surface area contributed by atoms with Crippen LogP contribution in [0.3, 0.4) is 0 Å². The molecule has 2 unspecified atom stereocenters. The normalized spacial score (nSPS) is 15.3. The van der Waals surface area contributed by atoms with Crippen LogP contribution in [0.5, 0.6) is 0 Å². The van der Waals surface area contributed by atoms with Gasteiger partial charge in [-0.3, -0.25) is 4.68 Å². The molecule has 1 aromatic rings. The van der Waals surface area contributed by atoms with E-state index in [2.05, 4.69) is 43.6 Å². The molecular weight excluding hydrogens is 206 g/mol. The van der Waals surface area contributed by atoms with E-state index in [1.807, 2.05) is 23.5 Å². The van der Waals surface area contributed by atoms with Crippen LogP contribution < -0.4 is 5.32 Å². The summed E-state index contributed by atoms with van der Waals surface area (Å²) < 4.78 is 1.88. The van der Waals surface area contributed by atoms with E-state index in [0.717, 1.165) is 12.2 Å². The first-order valence-electron chi connectivity index (χ1n) is 5.31. The fourth-order valence-corrected chi connectivity index (χ4v) is 1.84. The van der Waals surface area contributed by atoms with E-state index >= 15 is 0 Å². The highest BCUT2D eigenvalue weighted by Gasteiger charge is 2.11. The molecule has 1 aromatic heterocycles. The van der Waals surface area contributed by atoms with Crippen molar-refractivity contribution >= 4 is 11.8 Å². The van der Waals surface area contributed by atoms with Crippen molar-refractivity contribution in [3.05, 3.63) is 17.5 Å². The molecule has 0 aromatic carbocycles. The molecule has 15 heavy (non-hydrogen) atoms. The quantitative estimate of drug-likeness (QED) is 0.836. The maximum Gasteiger partial charge on any atom is 0.0641 e. The van der Waals surface area contributed by atoms with Crippen LogP contribution in [0.1, 0.15) is 31.1 Å². The van der Waals surface area contributed by atoms with Gasteiger partial charge in [-0.05, 0) is 20.1 Å². The smallest absolute Gasteiger partial charge is 0.0641 e. The Morgan fingerprint density at radius 3 is 2.67 bits per heavy atom. The van der Waals surface area contributed by atoms with E-state index < -0.39 is 0 Å². The second-order valence-corrected chi connectivity index (χ2v) is 5.30. The van der Waals surface area contributed by atoms with Crippen molar-refractivity contribution in [2.45, 2.75) is 32.1 Å². The third kappa shape index (κ3) is 3.54. The molecule has 2 atom stereocenters. The van der Waals surface area contributed by atoms with Crippen molar-refractivity contribution in [1.82, 2.24) is 15.1 Å². The molecule has 0 bridgehead atoms. The zero-order chi connectivity index (χ0) is 11.4. The van der Waals surface area contributed by atoms with E-state index in [9.17, 15) is 0 Å². The summed E-state index contributed by atoms with van der Waals surface area (Å²) in [5.74, 6) is 0. The number of nitrogens with zero attached hydrogens (tertiary/aromatic N) is 2. The lowest BCUT2D eigenvalue weighted by Gasteiger charge is -2.15. The predicted molar refractivity (Wildman–Crippen MR) is 67.3 cm³/mol. The highest BCUT2D eigenvalue weighted by Crippen LogP contribution is 2.16. The van der Waals surface area contributed by atoms with Crippen molar-refractivity contribution < 1.29 is 0 Å². The van der Waals surface area contributed by atoms with Crippen LogP contribution in [-0.2, 0) is 7.05 Å². The molecule has 0 aliphatic carbocycles. The van der Waals surface area contributed by atoms with E-state index in [-0.39, 0.29) is 0 Å². The van der Waals surface area contributed by atoms with Gasteiger partial charge in [-0.2, -0.15) is 16.9 Å². The monoisotopic (exact) mass is 227 g/mol. The summed E-state index contributed by atoms with van der Waals surface area (Å²) in [6.07, 6.45) is 4.24. The van der Waals surface area contributed by atoms with Gasteiger partial charge < -0.3 is 5.32 Å². The molecule has 0 aliphatic heterocycles. The molecule has 1 N–H and O–H groups in total. The minimum absolute atomic E-state index is 0.383. The van der Waals surface area contributed by atoms with Crippen molar-refractivity contribution in [3.8, 4) is 0 Å². The average molecular weight is 227 g/mol. The Labute approximate surface area is 96.6 Å². The van der Waals surface area contributed by atoms with E-state index in [4.69, 9.17) is 0 Å². The molecule has 0 fully saturated rings. The summed E-state index contributed by atoms with van der Waals surface area (Å²) in [6, 6.07) is 0.383. The standard InChI is InChI=1S/C11H21N3S/c1-8(15-5)6-12-9(2)11-7-14(4)13-10(11)3/h7-9,12H,6H2,1-5H3. The molecule has 0 saturated heterocycles. The lowest BCUT2D eigenvalue weighted by molar-refractivity contribution is 0.573. The van der Waals surface area contributed by atoms with Crippen molar-refractivity contribution in [3.63, 3.8) is 0 Å². The molecule has 4 heteroatoms. The number of hydrogen-bond acceptors (Lipinski definition) is 3. The molecule has 3 nitrogen and oxygen atoms in total. The summed E-state index contributed by atoms with van der Waals surface area (Å²) in [4.78, 5) is 0. The van der Waals surface area contributed by atoms with Crippen LogP contribution in [0, 0.1) is 6.92 Å². The Morgan fingerprint density at radius 1 is 1.53 bits per heavy atom. The molecule has 0 amide bonds. The molecule has 0 radical (unpaired) electrons. The van der Waals surface area contributed by atoms with Crippen molar-refractivity contribution in [2.75, 3.05) is 12.8 Å². The zero-order valence-corrected chi connectivity index (χ0v) is 11.1. The highest BCUT2D eigenvalue weighted by atomic mass is 32.2. The first-order valence-corrected chi connectivity index (χ1v) is 6.59. The van der Waals surface area contributed by atoms with Crippen LogP contribution in [0.25, 0.3) is 0 Å². The fraction of sp³-hybridized carbons (Fsp3) is 0.727. The number of rotatable bonds is 5. The maximum atomic E-state index is 4.35. The van der Waals surface area contributed by atoms with E-state index in [1.165, 1.54) is 5.56 Å². The van der Waals surface area contributed by atoms with E-state index in [1.54, 1.807) is 0 Å². The van der Waals surface area contributed by atoms with Crippen LogP contribution in [0.2, 0.25) is 0 Å². The number of aryl methyl sites for hydroxylation is 2. The largest absolute Gasteiger partial charge is 0.309 e. The SMILES string of the molecule is CSC(C)CNC(C)c1cn(C)nc1C. The van der Waals surface area contributed by atoms with Gasteiger partial charge in [-0.15, -0.1) is 0 Å². The molecule has 1 heterocycles. The molecule has 86 valence electrons. The molecular formula is C11H21N3S. The Balaban J connectivity index is 2.53. The average Bonchev–Trinajstić information content (AvgIpc) is 2.53. The summed E-state index contributed by atoms with van der Waals surface area (Å²) in [5, 5.41) is 8.54. The maximum absolute atomic E-state index is 4.35. The number of aromatic nitrogens is 2. The molecule has 1 rings (SSSR count). The summed E-state index contributed by atoms with van der Waals surface area (Å²) in [7, 11) is 1.97. The Hall–Kier alpha value is -0.480. The fourth-order valence-electron chi connectivity index (χ4n) is 1.58. The van der Waals surface area contributed by atoms with Gasteiger partial charge in [0.15, 0.2) is 0 Å². The first kappa shape index (κ1) is 12.6. The highest BCUT2D eigenvalue weighted by molar-refractivity contribution is 7.99. The van der Waals surface area contributed by atoms with Crippen molar-refractivity contribution in [2.24, 2.45) is 7.05 Å². The van der Waals surface area contributed by atoms with Gasteiger partial charge in [0.1, 0.15) is 0 Å². The van der Waals surface area contributed by atoms with E-state index in [0.29, 0.717) is 11.3 Å². The van der Waals surface area contributed by atoms with Crippen LogP contribution in [0.4, 0.5) is 0 Å². The zero-order valence-electron chi connectivity index (χ0n) is 10.2. The van der Waals surface area contributed by atoms with Gasteiger partial charge in [-0.25, -0.2) is 0 Å². The van der Waals surface area contributed by atoms with Gasteiger partial charge in [0.25, 0.3) is 0 Å². The molecule has 0 spiro atoms. The minimum Gasteiger partial charge on any atom is -0.309 e. The third-order valence-corrected chi connectivity index (χ3v) is 3.60. The number of hydrogen-bond donors (Lipinski definition) is 1. The third-order valence-electron chi connectivity index (χ3n) is 2.63. The predicted octanol–water partition coefficient (Wildman–Crippen LogP) is 2.13.